The number of hydrogen-bond donors (Lipinski definition) is 3. The van der Waals surface area contributed by atoms with E-state index in [4.69, 9.17) is 11.5 Å². The molecule has 8 heteroatoms. The SMILES string of the molecule is Cl.Nc1ccc(C(=O)NCC(N)C2CC2)cc1[N+](=O)[O-]. The van der Waals surface area contributed by atoms with Crippen LogP contribution in [0.5, 0.6) is 0 Å². The number of nitro groups is 1. The summed E-state index contributed by atoms with van der Waals surface area (Å²) in [5, 5.41) is 13.4. The van der Waals surface area contributed by atoms with Crippen molar-refractivity contribution in [3.8, 4) is 0 Å². The number of nitrogen functional groups attached to an aromatic ring is 1. The molecule has 0 aliphatic heterocycles. The number of nitro benzene ring substituents is 1. The summed E-state index contributed by atoms with van der Waals surface area (Å²) < 4.78 is 0. The third-order valence-electron chi connectivity index (χ3n) is 3.22. The molecule has 20 heavy (non-hydrogen) atoms. The van der Waals surface area contributed by atoms with Gasteiger partial charge in [-0.05, 0) is 30.9 Å². The van der Waals surface area contributed by atoms with Gasteiger partial charge in [0, 0.05) is 24.2 Å². The Labute approximate surface area is 122 Å². The van der Waals surface area contributed by atoms with Crippen LogP contribution in [-0.4, -0.2) is 23.4 Å². The first-order valence-corrected chi connectivity index (χ1v) is 6.06. The van der Waals surface area contributed by atoms with Crippen LogP contribution in [0.3, 0.4) is 0 Å². The van der Waals surface area contributed by atoms with Crippen LogP contribution in [0.25, 0.3) is 0 Å². The van der Waals surface area contributed by atoms with Crippen molar-refractivity contribution in [2.24, 2.45) is 11.7 Å². The lowest BCUT2D eigenvalue weighted by atomic mass is 10.1. The van der Waals surface area contributed by atoms with E-state index in [1.807, 2.05) is 0 Å². The zero-order valence-electron chi connectivity index (χ0n) is 10.7. The Hall–Kier alpha value is -1.86. The van der Waals surface area contributed by atoms with Gasteiger partial charge in [0.05, 0.1) is 4.92 Å². The normalized spacial score (nSPS) is 15.1. The number of nitrogens with one attached hydrogen (secondary N) is 1. The number of benzene rings is 1. The number of carbonyl (C=O) groups is 1. The molecular weight excluding hydrogens is 284 g/mol. The minimum atomic E-state index is -0.609. The summed E-state index contributed by atoms with van der Waals surface area (Å²) in [6.45, 7) is 0.377. The lowest BCUT2D eigenvalue weighted by Gasteiger charge is -2.11. The Balaban J connectivity index is 0.00000200. The van der Waals surface area contributed by atoms with Gasteiger partial charge in [-0.2, -0.15) is 0 Å². The Morgan fingerprint density at radius 3 is 2.70 bits per heavy atom. The maximum atomic E-state index is 11.8. The third-order valence-corrected chi connectivity index (χ3v) is 3.22. The molecule has 1 unspecified atom stereocenters. The summed E-state index contributed by atoms with van der Waals surface area (Å²) in [6.07, 6.45) is 2.20. The van der Waals surface area contributed by atoms with E-state index < -0.39 is 4.92 Å². The molecule has 0 radical (unpaired) electrons. The molecule has 1 saturated carbocycles. The second-order valence-corrected chi connectivity index (χ2v) is 4.74. The van der Waals surface area contributed by atoms with Gasteiger partial charge in [0.25, 0.3) is 11.6 Å². The fourth-order valence-corrected chi connectivity index (χ4v) is 1.85. The smallest absolute Gasteiger partial charge is 0.292 e. The van der Waals surface area contributed by atoms with Crippen LogP contribution >= 0.6 is 12.4 Å². The minimum absolute atomic E-state index is 0. The van der Waals surface area contributed by atoms with Crippen molar-refractivity contribution in [3.05, 3.63) is 33.9 Å². The number of anilines is 1. The van der Waals surface area contributed by atoms with E-state index in [0.717, 1.165) is 12.8 Å². The van der Waals surface area contributed by atoms with E-state index >= 15 is 0 Å². The number of nitrogens with zero attached hydrogens (tertiary/aromatic N) is 1. The van der Waals surface area contributed by atoms with E-state index in [2.05, 4.69) is 5.32 Å². The zero-order chi connectivity index (χ0) is 14.0. The van der Waals surface area contributed by atoms with Gasteiger partial charge in [0.15, 0.2) is 0 Å². The Morgan fingerprint density at radius 1 is 1.50 bits per heavy atom. The number of hydrogen-bond acceptors (Lipinski definition) is 5. The van der Waals surface area contributed by atoms with Crippen LogP contribution in [0.2, 0.25) is 0 Å². The maximum absolute atomic E-state index is 11.8. The molecule has 1 aromatic carbocycles. The van der Waals surface area contributed by atoms with E-state index in [-0.39, 0.29) is 41.3 Å². The van der Waals surface area contributed by atoms with Crippen molar-refractivity contribution in [2.75, 3.05) is 12.3 Å². The van der Waals surface area contributed by atoms with Gasteiger partial charge >= 0.3 is 0 Å². The minimum Gasteiger partial charge on any atom is -0.393 e. The largest absolute Gasteiger partial charge is 0.393 e. The highest BCUT2D eigenvalue weighted by atomic mass is 35.5. The van der Waals surface area contributed by atoms with Crippen molar-refractivity contribution in [1.29, 1.82) is 0 Å². The lowest BCUT2D eigenvalue weighted by Crippen LogP contribution is -2.38. The van der Waals surface area contributed by atoms with Crippen LogP contribution in [0.4, 0.5) is 11.4 Å². The molecule has 1 atom stereocenters. The maximum Gasteiger partial charge on any atom is 0.292 e. The molecule has 1 aliphatic rings. The number of amides is 1. The summed E-state index contributed by atoms with van der Waals surface area (Å²) in [4.78, 5) is 22.0. The van der Waals surface area contributed by atoms with Crippen molar-refractivity contribution in [3.63, 3.8) is 0 Å². The molecule has 0 aromatic heterocycles. The first-order chi connectivity index (χ1) is 8.99. The molecule has 7 nitrogen and oxygen atoms in total. The molecule has 1 fully saturated rings. The lowest BCUT2D eigenvalue weighted by molar-refractivity contribution is -0.383. The van der Waals surface area contributed by atoms with E-state index in [1.54, 1.807) is 0 Å². The molecule has 0 heterocycles. The Bertz CT molecular complexity index is 519. The van der Waals surface area contributed by atoms with Gasteiger partial charge in [-0.15, -0.1) is 12.4 Å². The Morgan fingerprint density at radius 2 is 2.15 bits per heavy atom. The second-order valence-electron chi connectivity index (χ2n) is 4.74. The quantitative estimate of drug-likeness (QED) is 0.426. The number of rotatable bonds is 5. The van der Waals surface area contributed by atoms with Crippen LogP contribution in [0.15, 0.2) is 18.2 Å². The summed E-state index contributed by atoms with van der Waals surface area (Å²) in [5.74, 6) is 0.111. The highest BCUT2D eigenvalue weighted by Gasteiger charge is 2.28. The topological polar surface area (TPSA) is 124 Å². The molecule has 5 N–H and O–H groups in total. The monoisotopic (exact) mass is 300 g/mol. The highest BCUT2D eigenvalue weighted by Crippen LogP contribution is 2.31. The number of nitrogens with two attached hydrogens (primary N) is 2. The third kappa shape index (κ3) is 3.82. The fourth-order valence-electron chi connectivity index (χ4n) is 1.85. The molecule has 1 aromatic rings. The van der Waals surface area contributed by atoms with Gasteiger partial charge in [-0.1, -0.05) is 0 Å². The van der Waals surface area contributed by atoms with Gasteiger partial charge < -0.3 is 16.8 Å². The first-order valence-electron chi connectivity index (χ1n) is 6.06. The van der Waals surface area contributed by atoms with Crippen molar-refractivity contribution >= 4 is 29.7 Å². The first kappa shape index (κ1) is 16.2. The standard InChI is InChI=1S/C12H16N4O3.ClH/c13-9-4-3-8(5-11(9)16(18)19)12(17)15-6-10(14)7-1-2-7;/h3-5,7,10H,1-2,6,13-14H2,(H,15,17);1H. The van der Waals surface area contributed by atoms with Crippen LogP contribution in [0, 0.1) is 16.0 Å². The molecular formula is C12H17ClN4O3. The molecule has 1 aliphatic carbocycles. The average Bonchev–Trinajstić information content (AvgIpc) is 3.20. The van der Waals surface area contributed by atoms with Crippen LogP contribution in [0.1, 0.15) is 23.2 Å². The van der Waals surface area contributed by atoms with Gasteiger partial charge in [0.2, 0.25) is 0 Å². The van der Waals surface area contributed by atoms with Crippen LogP contribution in [-0.2, 0) is 0 Å². The summed E-state index contributed by atoms with van der Waals surface area (Å²) in [6, 6.07) is 3.94. The van der Waals surface area contributed by atoms with E-state index in [9.17, 15) is 14.9 Å². The van der Waals surface area contributed by atoms with Crippen molar-refractivity contribution < 1.29 is 9.72 Å². The predicted octanol–water partition coefficient (Wildman–Crippen LogP) is 1.07. The van der Waals surface area contributed by atoms with E-state index in [1.165, 1.54) is 18.2 Å². The molecule has 2 rings (SSSR count). The van der Waals surface area contributed by atoms with Gasteiger partial charge in [0.1, 0.15) is 5.69 Å². The zero-order valence-corrected chi connectivity index (χ0v) is 11.6. The number of halogens is 1. The fraction of sp³-hybridized carbons (Fsp3) is 0.417. The molecule has 1 amide bonds. The number of carbonyl (C=O) groups excluding carboxylic acids is 1. The van der Waals surface area contributed by atoms with Crippen LogP contribution < -0.4 is 16.8 Å². The van der Waals surface area contributed by atoms with Gasteiger partial charge in [-0.25, -0.2) is 0 Å². The highest BCUT2D eigenvalue weighted by molar-refractivity contribution is 5.95. The van der Waals surface area contributed by atoms with Gasteiger partial charge in [-0.3, -0.25) is 14.9 Å². The van der Waals surface area contributed by atoms with E-state index in [0.29, 0.717) is 12.5 Å². The van der Waals surface area contributed by atoms with Crippen molar-refractivity contribution in [1.82, 2.24) is 5.32 Å². The summed E-state index contributed by atoms with van der Waals surface area (Å²) in [5.41, 5.74) is 11.3. The molecule has 0 bridgehead atoms. The van der Waals surface area contributed by atoms with Crippen molar-refractivity contribution in [2.45, 2.75) is 18.9 Å². The summed E-state index contributed by atoms with van der Waals surface area (Å²) in [7, 11) is 0. The second kappa shape index (κ2) is 6.53. The summed E-state index contributed by atoms with van der Waals surface area (Å²) >= 11 is 0. The average molecular weight is 301 g/mol. The molecule has 0 saturated heterocycles. The Kier molecular flexibility index (Phi) is 5.29. The molecule has 110 valence electrons. The predicted molar refractivity (Wildman–Crippen MR) is 77.8 cm³/mol. The molecule has 0 spiro atoms.